The Morgan fingerprint density at radius 3 is 1.97 bits per heavy atom. The van der Waals surface area contributed by atoms with Gasteiger partial charge in [-0.05, 0) is 35.4 Å². The monoisotopic (exact) mass is 444 g/mol. The van der Waals surface area contributed by atoms with Gasteiger partial charge in [-0.25, -0.2) is 0 Å². The normalized spacial score (nSPS) is 9.45. The molecule has 0 unspecified atom stereocenters. The number of methoxy groups -OCH3 is 2. The van der Waals surface area contributed by atoms with Gasteiger partial charge in [0.15, 0.2) is 35.4 Å². The van der Waals surface area contributed by atoms with Crippen LogP contribution >= 0.6 is 0 Å². The van der Waals surface area contributed by atoms with E-state index in [9.17, 15) is 9.90 Å². The number of phenolic OH excluding ortho intramolecular Hbond substituents is 1. The second-order valence-electron chi connectivity index (χ2n) is 6.74. The Hall–Kier alpha value is -4.49. The zero-order valence-electron chi connectivity index (χ0n) is 18.4. The van der Waals surface area contributed by atoms with Crippen LogP contribution in [-0.4, -0.2) is 31.7 Å². The molecule has 0 spiro atoms. The van der Waals surface area contributed by atoms with E-state index in [1.165, 1.54) is 20.3 Å². The van der Waals surface area contributed by atoms with E-state index in [1.807, 2.05) is 24.3 Å². The van der Waals surface area contributed by atoms with E-state index in [0.717, 1.165) is 11.1 Å². The number of hydrogen-bond acceptors (Lipinski definition) is 7. The first-order valence-electron chi connectivity index (χ1n) is 10.00. The number of ether oxygens (including phenoxy) is 3. The first-order chi connectivity index (χ1) is 16.0. The minimum Gasteiger partial charge on any atom is -0.504 e. The lowest BCUT2D eigenvalue weighted by atomic mass is 10.1. The molecular formula is C26H24N2O5. The molecular weight excluding hydrogens is 420 g/mol. The lowest BCUT2D eigenvalue weighted by molar-refractivity contribution is 0.0919. The molecule has 3 aromatic carbocycles. The van der Waals surface area contributed by atoms with Gasteiger partial charge in [-0.2, -0.15) is 10.5 Å². The maximum absolute atomic E-state index is 12.0. The SMILES string of the molecule is COc1cc(CC#N)ccc1O.COc1cc(CC#N)ccc1OCC(=O)c1ccccc1. The van der Waals surface area contributed by atoms with Crippen LogP contribution in [0.1, 0.15) is 21.5 Å². The topological polar surface area (TPSA) is 113 Å². The molecule has 3 rings (SSSR count). The van der Waals surface area contributed by atoms with Crippen molar-refractivity contribution in [1.29, 1.82) is 10.5 Å². The molecule has 0 saturated heterocycles. The molecule has 0 bridgehead atoms. The van der Waals surface area contributed by atoms with Crippen molar-refractivity contribution in [3.05, 3.63) is 83.4 Å². The number of benzene rings is 3. The Bertz CT molecular complexity index is 1150. The minimum atomic E-state index is -0.0984. The van der Waals surface area contributed by atoms with Crippen molar-refractivity contribution in [3.63, 3.8) is 0 Å². The Morgan fingerprint density at radius 1 is 0.818 bits per heavy atom. The van der Waals surface area contributed by atoms with E-state index in [0.29, 0.717) is 35.7 Å². The molecule has 0 heterocycles. The summed E-state index contributed by atoms with van der Waals surface area (Å²) in [6, 6.07) is 23.2. The lowest BCUT2D eigenvalue weighted by Gasteiger charge is -2.11. The fourth-order valence-corrected chi connectivity index (χ4v) is 2.81. The summed E-state index contributed by atoms with van der Waals surface area (Å²) in [5, 5.41) is 26.3. The molecule has 0 atom stereocenters. The molecule has 0 saturated carbocycles. The number of hydrogen-bond donors (Lipinski definition) is 1. The second-order valence-corrected chi connectivity index (χ2v) is 6.74. The van der Waals surface area contributed by atoms with Crippen LogP contribution in [-0.2, 0) is 12.8 Å². The minimum absolute atomic E-state index is 0.0576. The molecule has 33 heavy (non-hydrogen) atoms. The Labute approximate surface area is 193 Å². The van der Waals surface area contributed by atoms with Crippen LogP contribution < -0.4 is 14.2 Å². The molecule has 0 radical (unpaired) electrons. The average Bonchev–Trinajstić information content (AvgIpc) is 2.85. The van der Waals surface area contributed by atoms with Crippen molar-refractivity contribution in [2.45, 2.75) is 12.8 Å². The first kappa shape index (κ1) is 24.8. The molecule has 0 amide bonds. The maximum Gasteiger partial charge on any atom is 0.200 e. The molecule has 0 aliphatic heterocycles. The third kappa shape index (κ3) is 7.61. The standard InChI is InChI=1S/C17H15NO3.C9H9NO2/c1-20-17-11-13(9-10-18)7-8-16(17)21-12-15(19)14-5-3-2-4-6-14;1-12-9-6-7(4-5-10)2-3-8(9)11/h2-8,11H,9,12H2,1H3;2-3,6,11H,4H2,1H3. The number of ketones is 1. The quantitative estimate of drug-likeness (QED) is 0.509. The van der Waals surface area contributed by atoms with Gasteiger partial charge in [0.1, 0.15) is 0 Å². The summed E-state index contributed by atoms with van der Waals surface area (Å²) in [5.74, 6) is 1.41. The third-order valence-electron chi connectivity index (χ3n) is 4.49. The number of nitriles is 2. The van der Waals surface area contributed by atoms with E-state index in [2.05, 4.69) is 6.07 Å². The summed E-state index contributed by atoms with van der Waals surface area (Å²) in [5.41, 5.74) is 2.29. The van der Waals surface area contributed by atoms with Crippen LogP contribution in [0.3, 0.4) is 0 Å². The fourth-order valence-electron chi connectivity index (χ4n) is 2.81. The van der Waals surface area contributed by atoms with Gasteiger partial charge in [0.05, 0.1) is 39.2 Å². The summed E-state index contributed by atoms with van der Waals surface area (Å²) in [7, 11) is 3.00. The summed E-state index contributed by atoms with van der Waals surface area (Å²) in [6.07, 6.45) is 0.635. The van der Waals surface area contributed by atoms with Gasteiger partial charge in [0.2, 0.25) is 0 Å². The van der Waals surface area contributed by atoms with E-state index < -0.39 is 0 Å². The second kappa shape index (κ2) is 13.0. The van der Waals surface area contributed by atoms with Crippen LogP contribution in [0, 0.1) is 22.7 Å². The Balaban J connectivity index is 0.000000273. The molecule has 0 aromatic heterocycles. The molecule has 168 valence electrons. The van der Waals surface area contributed by atoms with Gasteiger partial charge in [-0.1, -0.05) is 42.5 Å². The Morgan fingerprint density at radius 2 is 1.39 bits per heavy atom. The van der Waals surface area contributed by atoms with Gasteiger partial charge in [-0.3, -0.25) is 4.79 Å². The zero-order valence-corrected chi connectivity index (χ0v) is 18.4. The van der Waals surface area contributed by atoms with Gasteiger partial charge in [0.25, 0.3) is 0 Å². The average molecular weight is 444 g/mol. The predicted octanol–water partition coefficient (Wildman–Crippen LogP) is 4.49. The highest BCUT2D eigenvalue weighted by Crippen LogP contribution is 2.28. The van der Waals surface area contributed by atoms with E-state index >= 15 is 0 Å². The fraction of sp³-hybridized carbons (Fsp3) is 0.192. The van der Waals surface area contributed by atoms with Crippen LogP contribution in [0.5, 0.6) is 23.0 Å². The molecule has 7 nitrogen and oxygen atoms in total. The van der Waals surface area contributed by atoms with Gasteiger partial charge < -0.3 is 19.3 Å². The maximum atomic E-state index is 12.0. The summed E-state index contributed by atoms with van der Waals surface area (Å²) < 4.78 is 15.6. The van der Waals surface area contributed by atoms with Gasteiger partial charge >= 0.3 is 0 Å². The molecule has 0 fully saturated rings. The number of aromatic hydroxyl groups is 1. The highest BCUT2D eigenvalue weighted by atomic mass is 16.5. The van der Waals surface area contributed by atoms with Crippen LogP contribution in [0.25, 0.3) is 0 Å². The van der Waals surface area contributed by atoms with Crippen LogP contribution in [0.15, 0.2) is 66.7 Å². The van der Waals surface area contributed by atoms with Crippen molar-refractivity contribution in [1.82, 2.24) is 0 Å². The van der Waals surface area contributed by atoms with Crippen molar-refractivity contribution >= 4 is 5.78 Å². The van der Waals surface area contributed by atoms with Crippen molar-refractivity contribution in [3.8, 4) is 35.1 Å². The van der Waals surface area contributed by atoms with Gasteiger partial charge in [0, 0.05) is 5.56 Å². The number of carbonyl (C=O) groups is 1. The third-order valence-corrected chi connectivity index (χ3v) is 4.49. The largest absolute Gasteiger partial charge is 0.504 e. The Kier molecular flexibility index (Phi) is 9.79. The van der Waals surface area contributed by atoms with Crippen molar-refractivity contribution < 1.29 is 24.1 Å². The number of rotatable bonds is 8. The van der Waals surface area contributed by atoms with Crippen molar-refractivity contribution in [2.24, 2.45) is 0 Å². The van der Waals surface area contributed by atoms with Crippen LogP contribution in [0.4, 0.5) is 0 Å². The smallest absolute Gasteiger partial charge is 0.200 e. The molecule has 0 aliphatic rings. The summed E-state index contributed by atoms with van der Waals surface area (Å²) in [6.45, 7) is -0.0576. The number of phenols is 1. The summed E-state index contributed by atoms with van der Waals surface area (Å²) >= 11 is 0. The molecule has 1 N–H and O–H groups in total. The summed E-state index contributed by atoms with van der Waals surface area (Å²) in [4.78, 5) is 12.0. The number of nitrogens with zero attached hydrogens (tertiary/aromatic N) is 2. The number of carbonyl (C=O) groups excluding carboxylic acids is 1. The molecule has 3 aromatic rings. The predicted molar refractivity (Wildman–Crippen MR) is 123 cm³/mol. The number of Topliss-reactive ketones (excluding diaryl/α,β-unsaturated/α-hetero) is 1. The highest BCUT2D eigenvalue weighted by molar-refractivity contribution is 5.97. The highest BCUT2D eigenvalue weighted by Gasteiger charge is 2.10. The van der Waals surface area contributed by atoms with Gasteiger partial charge in [-0.15, -0.1) is 0 Å². The zero-order chi connectivity index (χ0) is 24.1. The molecule has 0 aliphatic carbocycles. The molecule has 7 heteroatoms. The van der Waals surface area contributed by atoms with E-state index in [-0.39, 0.29) is 18.1 Å². The van der Waals surface area contributed by atoms with Crippen LogP contribution in [0.2, 0.25) is 0 Å². The van der Waals surface area contributed by atoms with E-state index in [4.69, 9.17) is 24.7 Å². The van der Waals surface area contributed by atoms with E-state index in [1.54, 1.807) is 42.5 Å². The lowest BCUT2D eigenvalue weighted by Crippen LogP contribution is -2.12. The van der Waals surface area contributed by atoms with Crippen molar-refractivity contribution in [2.75, 3.05) is 20.8 Å². The first-order valence-corrected chi connectivity index (χ1v) is 10.00.